The second kappa shape index (κ2) is 6.31. The molecule has 0 amide bonds. The normalized spacial score (nSPS) is 25.1. The van der Waals surface area contributed by atoms with Crippen LogP contribution in [0.5, 0.6) is 5.75 Å². The van der Waals surface area contributed by atoms with Crippen LogP contribution in [-0.4, -0.2) is 54.9 Å². The van der Waals surface area contributed by atoms with Crippen LogP contribution in [0.3, 0.4) is 0 Å². The standard InChI is InChI=1S/C17H22N2O2/c1-21-17-5-3-2-4-15(17)16(20)8-11-19-13-12-18-9-6-14(19)7-10-18/h2-5,8,11,14H,6-7,9-10,12-13H2,1H3/b11-8+. The summed E-state index contributed by atoms with van der Waals surface area (Å²) in [6, 6.07) is 7.96. The highest BCUT2D eigenvalue weighted by molar-refractivity contribution is 6.06. The fraction of sp³-hybridized carbons (Fsp3) is 0.471. The quantitative estimate of drug-likeness (QED) is 0.627. The zero-order valence-electron chi connectivity index (χ0n) is 12.5. The van der Waals surface area contributed by atoms with Crippen molar-refractivity contribution >= 4 is 5.78 Å². The second-order valence-electron chi connectivity index (χ2n) is 5.69. The molecule has 3 saturated heterocycles. The third-order valence-corrected chi connectivity index (χ3v) is 4.49. The van der Waals surface area contributed by atoms with Crippen molar-refractivity contribution in [2.45, 2.75) is 18.9 Å². The number of benzene rings is 1. The third-order valence-electron chi connectivity index (χ3n) is 4.49. The number of fused-ring (bicyclic) bond motifs is 4. The Morgan fingerprint density at radius 1 is 1.19 bits per heavy atom. The molecule has 3 aliphatic heterocycles. The van der Waals surface area contributed by atoms with Gasteiger partial charge < -0.3 is 14.5 Å². The van der Waals surface area contributed by atoms with Crippen LogP contribution >= 0.6 is 0 Å². The van der Waals surface area contributed by atoms with Gasteiger partial charge in [0.15, 0.2) is 5.78 Å². The molecule has 1 aromatic rings. The van der Waals surface area contributed by atoms with Gasteiger partial charge in [0, 0.05) is 44.5 Å². The molecule has 4 nitrogen and oxygen atoms in total. The highest BCUT2D eigenvalue weighted by atomic mass is 16.5. The first-order valence-electron chi connectivity index (χ1n) is 7.61. The number of carbonyl (C=O) groups is 1. The Kier molecular flexibility index (Phi) is 4.25. The lowest BCUT2D eigenvalue weighted by molar-refractivity contribution is 0.104. The van der Waals surface area contributed by atoms with Crippen molar-refractivity contribution in [3.05, 3.63) is 42.1 Å². The highest BCUT2D eigenvalue weighted by Crippen LogP contribution is 2.22. The lowest BCUT2D eigenvalue weighted by atomic mass is 10.1. The smallest absolute Gasteiger partial charge is 0.191 e. The number of para-hydroxylation sites is 1. The molecule has 1 aromatic carbocycles. The zero-order valence-corrected chi connectivity index (χ0v) is 12.5. The molecular weight excluding hydrogens is 264 g/mol. The van der Waals surface area contributed by atoms with Gasteiger partial charge in [-0.3, -0.25) is 4.79 Å². The summed E-state index contributed by atoms with van der Waals surface area (Å²) in [7, 11) is 1.59. The summed E-state index contributed by atoms with van der Waals surface area (Å²) < 4.78 is 5.25. The van der Waals surface area contributed by atoms with E-state index in [2.05, 4.69) is 9.80 Å². The molecule has 0 atom stereocenters. The third kappa shape index (κ3) is 3.10. The molecule has 3 heterocycles. The van der Waals surface area contributed by atoms with E-state index >= 15 is 0 Å². The van der Waals surface area contributed by atoms with E-state index in [1.807, 2.05) is 30.5 Å². The maximum Gasteiger partial charge on any atom is 0.191 e. The summed E-state index contributed by atoms with van der Waals surface area (Å²) in [6.07, 6.45) is 6.07. The topological polar surface area (TPSA) is 32.8 Å². The van der Waals surface area contributed by atoms with Crippen LogP contribution in [-0.2, 0) is 0 Å². The molecule has 3 aliphatic rings. The molecule has 112 valence electrons. The van der Waals surface area contributed by atoms with Crippen LogP contribution in [0.25, 0.3) is 0 Å². The molecule has 0 aliphatic carbocycles. The van der Waals surface area contributed by atoms with E-state index in [1.54, 1.807) is 13.2 Å². The van der Waals surface area contributed by atoms with E-state index in [-0.39, 0.29) is 5.78 Å². The van der Waals surface area contributed by atoms with Gasteiger partial charge in [0.1, 0.15) is 5.75 Å². The van der Waals surface area contributed by atoms with Crippen molar-refractivity contribution in [2.24, 2.45) is 0 Å². The van der Waals surface area contributed by atoms with Gasteiger partial charge in [-0.1, -0.05) is 12.1 Å². The number of methoxy groups -OCH3 is 1. The van der Waals surface area contributed by atoms with Gasteiger partial charge in [0.2, 0.25) is 0 Å². The number of nitrogens with zero attached hydrogens (tertiary/aromatic N) is 2. The number of hydrogen-bond donors (Lipinski definition) is 0. The maximum absolute atomic E-state index is 12.4. The zero-order chi connectivity index (χ0) is 14.7. The molecule has 4 rings (SSSR count). The number of allylic oxidation sites excluding steroid dienone is 1. The number of rotatable bonds is 4. The fourth-order valence-electron chi connectivity index (χ4n) is 3.21. The average Bonchev–Trinajstić information content (AvgIpc) is 2.86. The first kappa shape index (κ1) is 14.1. The molecule has 0 N–H and O–H groups in total. The van der Waals surface area contributed by atoms with Crippen molar-refractivity contribution in [3.8, 4) is 5.75 Å². The van der Waals surface area contributed by atoms with Gasteiger partial charge in [-0.25, -0.2) is 0 Å². The highest BCUT2D eigenvalue weighted by Gasteiger charge is 2.27. The van der Waals surface area contributed by atoms with Crippen LogP contribution in [0.2, 0.25) is 0 Å². The lowest BCUT2D eigenvalue weighted by Crippen LogP contribution is -2.35. The lowest BCUT2D eigenvalue weighted by Gasteiger charge is -2.30. The van der Waals surface area contributed by atoms with Gasteiger partial charge in [0.05, 0.1) is 12.7 Å². The number of carbonyl (C=O) groups excluding carboxylic acids is 1. The molecular formula is C17H22N2O2. The average molecular weight is 286 g/mol. The van der Waals surface area contributed by atoms with E-state index in [0.29, 0.717) is 17.4 Å². The predicted molar refractivity (Wildman–Crippen MR) is 82.6 cm³/mol. The molecule has 0 spiro atoms. The van der Waals surface area contributed by atoms with Crippen molar-refractivity contribution < 1.29 is 9.53 Å². The summed E-state index contributed by atoms with van der Waals surface area (Å²) in [5.74, 6) is 0.640. The van der Waals surface area contributed by atoms with Crippen LogP contribution < -0.4 is 4.74 Å². The molecule has 2 bridgehead atoms. The largest absolute Gasteiger partial charge is 0.496 e. The van der Waals surface area contributed by atoms with Crippen LogP contribution in [0.4, 0.5) is 0 Å². The summed E-state index contributed by atoms with van der Waals surface area (Å²) in [4.78, 5) is 17.2. The summed E-state index contributed by atoms with van der Waals surface area (Å²) >= 11 is 0. The Bertz CT molecular complexity index is 533. The Morgan fingerprint density at radius 2 is 1.95 bits per heavy atom. The Balaban J connectivity index is 1.71. The maximum atomic E-state index is 12.4. The minimum Gasteiger partial charge on any atom is -0.496 e. The number of ether oxygens (including phenoxy) is 1. The van der Waals surface area contributed by atoms with Gasteiger partial charge in [-0.2, -0.15) is 0 Å². The van der Waals surface area contributed by atoms with E-state index in [1.165, 1.54) is 25.9 Å². The fourth-order valence-corrected chi connectivity index (χ4v) is 3.21. The molecule has 4 heteroatoms. The monoisotopic (exact) mass is 286 g/mol. The van der Waals surface area contributed by atoms with Gasteiger partial charge in [-0.05, 0) is 25.0 Å². The molecule has 0 radical (unpaired) electrons. The molecule has 0 saturated carbocycles. The summed E-state index contributed by atoms with van der Waals surface area (Å²) in [6.45, 7) is 4.50. The van der Waals surface area contributed by atoms with Crippen molar-refractivity contribution in [2.75, 3.05) is 33.3 Å². The number of hydrogen-bond acceptors (Lipinski definition) is 4. The summed E-state index contributed by atoms with van der Waals surface area (Å²) in [5, 5.41) is 0. The van der Waals surface area contributed by atoms with Gasteiger partial charge in [0.25, 0.3) is 0 Å². The Labute approximate surface area is 126 Å². The Morgan fingerprint density at radius 3 is 2.71 bits per heavy atom. The van der Waals surface area contributed by atoms with Crippen LogP contribution in [0, 0.1) is 0 Å². The number of piperidine rings is 1. The first-order valence-corrected chi connectivity index (χ1v) is 7.61. The molecule has 0 aromatic heterocycles. The van der Waals surface area contributed by atoms with E-state index in [9.17, 15) is 4.79 Å². The predicted octanol–water partition coefficient (Wildman–Crippen LogP) is 2.17. The van der Waals surface area contributed by atoms with Crippen LogP contribution in [0.1, 0.15) is 23.2 Å². The first-order chi connectivity index (χ1) is 10.3. The number of ketones is 1. The minimum absolute atomic E-state index is 0.00606. The van der Waals surface area contributed by atoms with Crippen molar-refractivity contribution in [1.82, 2.24) is 9.80 Å². The molecule has 3 fully saturated rings. The molecule has 21 heavy (non-hydrogen) atoms. The van der Waals surface area contributed by atoms with Gasteiger partial charge in [-0.15, -0.1) is 0 Å². The minimum atomic E-state index is 0.00606. The second-order valence-corrected chi connectivity index (χ2v) is 5.69. The van der Waals surface area contributed by atoms with E-state index in [4.69, 9.17) is 4.74 Å². The van der Waals surface area contributed by atoms with E-state index in [0.717, 1.165) is 13.1 Å². The van der Waals surface area contributed by atoms with Crippen molar-refractivity contribution in [3.63, 3.8) is 0 Å². The SMILES string of the molecule is COc1ccccc1C(=O)/C=C/N1CCN2CCC1CC2. The van der Waals surface area contributed by atoms with Crippen LogP contribution in [0.15, 0.2) is 36.5 Å². The van der Waals surface area contributed by atoms with Gasteiger partial charge >= 0.3 is 0 Å². The molecule has 0 unspecified atom stereocenters. The van der Waals surface area contributed by atoms with E-state index < -0.39 is 0 Å². The Hall–Kier alpha value is -1.81. The van der Waals surface area contributed by atoms with Crippen molar-refractivity contribution in [1.29, 1.82) is 0 Å². The summed E-state index contributed by atoms with van der Waals surface area (Å²) in [5.41, 5.74) is 0.624.